The lowest BCUT2D eigenvalue weighted by atomic mass is 10.1. The van der Waals surface area contributed by atoms with Crippen LogP contribution in [0.4, 0.5) is 5.69 Å². The summed E-state index contributed by atoms with van der Waals surface area (Å²) in [5, 5.41) is 7.19. The Kier molecular flexibility index (Phi) is 5.17. The van der Waals surface area contributed by atoms with Gasteiger partial charge in [-0.05, 0) is 75.2 Å². The molecule has 1 amide bonds. The molecular weight excluding hydrogens is 354 g/mol. The number of aromatic amines is 1. The van der Waals surface area contributed by atoms with E-state index in [1.807, 2.05) is 32.0 Å². The van der Waals surface area contributed by atoms with Crippen LogP contribution in [0.5, 0.6) is 0 Å². The van der Waals surface area contributed by atoms with E-state index in [4.69, 9.17) is 5.73 Å². The molecule has 1 heterocycles. The van der Waals surface area contributed by atoms with Crippen LogP contribution in [0.2, 0.25) is 0 Å². The molecule has 0 aliphatic rings. The molecule has 0 spiro atoms. The summed E-state index contributed by atoms with van der Waals surface area (Å²) in [5.74, 6) is -0.373. The first-order valence-corrected chi connectivity index (χ1v) is 8.87. The Hall–Kier alpha value is -3.61. The number of nitrogens with one attached hydrogen (secondary N) is 2. The minimum Gasteiger partial charge on any atom is -0.399 e. The lowest BCUT2D eigenvalue weighted by molar-refractivity contribution is 0.0955. The van der Waals surface area contributed by atoms with Crippen molar-refractivity contribution in [1.82, 2.24) is 15.2 Å². The SMILES string of the molecule is CC(=NNC(=O)c1ccc(N)cc1)c1c(C)[nH]n(-c2ccc(C)c(C)c2)c1=O. The highest BCUT2D eigenvalue weighted by molar-refractivity contribution is 6.01. The Morgan fingerprint density at radius 3 is 2.39 bits per heavy atom. The third kappa shape index (κ3) is 3.73. The number of hydrogen-bond acceptors (Lipinski definition) is 4. The van der Waals surface area contributed by atoms with Crippen LogP contribution in [-0.2, 0) is 0 Å². The van der Waals surface area contributed by atoms with Crippen molar-refractivity contribution in [3.8, 4) is 5.69 Å². The van der Waals surface area contributed by atoms with Crippen molar-refractivity contribution in [2.75, 3.05) is 5.73 Å². The topological polar surface area (TPSA) is 105 Å². The Bertz CT molecular complexity index is 1120. The Balaban J connectivity index is 1.88. The fraction of sp³-hybridized carbons (Fsp3) is 0.190. The van der Waals surface area contributed by atoms with Gasteiger partial charge in [-0.25, -0.2) is 10.1 Å². The first-order valence-electron chi connectivity index (χ1n) is 8.87. The van der Waals surface area contributed by atoms with E-state index >= 15 is 0 Å². The van der Waals surface area contributed by atoms with E-state index in [1.165, 1.54) is 4.68 Å². The number of hydrogen-bond donors (Lipinski definition) is 3. The summed E-state index contributed by atoms with van der Waals surface area (Å²) in [6.45, 7) is 7.51. The van der Waals surface area contributed by atoms with Gasteiger partial charge < -0.3 is 5.73 Å². The minimum absolute atomic E-state index is 0.219. The summed E-state index contributed by atoms with van der Waals surface area (Å²) >= 11 is 0. The van der Waals surface area contributed by atoms with Gasteiger partial charge in [0.05, 0.1) is 17.0 Å². The zero-order valence-electron chi connectivity index (χ0n) is 16.3. The number of benzene rings is 2. The summed E-state index contributed by atoms with van der Waals surface area (Å²) in [6, 6.07) is 12.3. The van der Waals surface area contributed by atoms with E-state index in [0.29, 0.717) is 28.2 Å². The highest BCUT2D eigenvalue weighted by Crippen LogP contribution is 2.13. The number of nitrogens with two attached hydrogens (primary N) is 1. The molecule has 0 saturated carbocycles. The van der Waals surface area contributed by atoms with Crippen molar-refractivity contribution < 1.29 is 4.79 Å². The number of aromatic nitrogens is 2. The van der Waals surface area contributed by atoms with Crippen LogP contribution in [0.15, 0.2) is 52.4 Å². The molecule has 144 valence electrons. The van der Waals surface area contributed by atoms with Crippen molar-refractivity contribution in [3.05, 3.63) is 80.8 Å². The number of nitrogen functional groups attached to an aromatic ring is 1. The van der Waals surface area contributed by atoms with Gasteiger partial charge in [-0.2, -0.15) is 5.10 Å². The number of carbonyl (C=O) groups is 1. The van der Waals surface area contributed by atoms with Crippen molar-refractivity contribution in [2.45, 2.75) is 27.7 Å². The van der Waals surface area contributed by atoms with Crippen molar-refractivity contribution in [1.29, 1.82) is 0 Å². The normalized spacial score (nSPS) is 11.5. The molecule has 0 aliphatic heterocycles. The molecule has 3 aromatic rings. The van der Waals surface area contributed by atoms with E-state index in [1.54, 1.807) is 38.1 Å². The number of hydrazone groups is 1. The van der Waals surface area contributed by atoms with Crippen LogP contribution in [0.3, 0.4) is 0 Å². The third-order valence-electron chi connectivity index (χ3n) is 4.68. The summed E-state index contributed by atoms with van der Waals surface area (Å²) in [6.07, 6.45) is 0. The van der Waals surface area contributed by atoms with Crippen LogP contribution in [-0.4, -0.2) is 21.4 Å². The predicted molar refractivity (Wildman–Crippen MR) is 111 cm³/mol. The molecule has 3 rings (SSSR count). The zero-order chi connectivity index (χ0) is 20.4. The monoisotopic (exact) mass is 377 g/mol. The molecule has 0 bridgehead atoms. The van der Waals surface area contributed by atoms with Crippen molar-refractivity contribution in [3.63, 3.8) is 0 Å². The van der Waals surface area contributed by atoms with Gasteiger partial charge in [0.15, 0.2) is 0 Å². The second-order valence-corrected chi connectivity index (χ2v) is 6.78. The molecule has 0 radical (unpaired) electrons. The minimum atomic E-state index is -0.373. The largest absolute Gasteiger partial charge is 0.399 e. The first-order chi connectivity index (χ1) is 13.3. The molecule has 28 heavy (non-hydrogen) atoms. The highest BCUT2D eigenvalue weighted by atomic mass is 16.2. The predicted octanol–water partition coefficient (Wildman–Crippen LogP) is 2.83. The molecule has 0 saturated heterocycles. The fourth-order valence-corrected chi connectivity index (χ4v) is 2.91. The maximum absolute atomic E-state index is 12.9. The average Bonchev–Trinajstić information content (AvgIpc) is 2.96. The van der Waals surface area contributed by atoms with Gasteiger partial charge in [-0.3, -0.25) is 14.7 Å². The highest BCUT2D eigenvalue weighted by Gasteiger charge is 2.16. The molecule has 4 N–H and O–H groups in total. The quantitative estimate of drug-likeness (QED) is 0.370. The fourth-order valence-electron chi connectivity index (χ4n) is 2.91. The van der Waals surface area contributed by atoms with Crippen molar-refractivity contribution >= 4 is 17.3 Å². The molecule has 7 heteroatoms. The molecule has 0 fully saturated rings. The molecular formula is C21H23N5O2. The van der Waals surface area contributed by atoms with E-state index in [0.717, 1.165) is 16.8 Å². The summed E-state index contributed by atoms with van der Waals surface area (Å²) in [5.41, 5.74) is 13.4. The molecule has 7 nitrogen and oxygen atoms in total. The molecule has 0 aliphatic carbocycles. The van der Waals surface area contributed by atoms with E-state index in [-0.39, 0.29) is 11.5 Å². The number of H-pyrrole nitrogens is 1. The Morgan fingerprint density at radius 1 is 1.07 bits per heavy atom. The maximum atomic E-state index is 12.9. The average molecular weight is 377 g/mol. The van der Waals surface area contributed by atoms with E-state index in [9.17, 15) is 9.59 Å². The maximum Gasteiger partial charge on any atom is 0.280 e. The third-order valence-corrected chi connectivity index (χ3v) is 4.68. The van der Waals surface area contributed by atoms with E-state index in [2.05, 4.69) is 15.6 Å². The zero-order valence-corrected chi connectivity index (χ0v) is 16.3. The van der Waals surface area contributed by atoms with Crippen LogP contribution < -0.4 is 16.7 Å². The molecule has 2 aromatic carbocycles. The van der Waals surface area contributed by atoms with Gasteiger partial charge in [0.2, 0.25) is 0 Å². The van der Waals surface area contributed by atoms with Gasteiger partial charge in [-0.1, -0.05) is 6.07 Å². The van der Waals surface area contributed by atoms with Crippen LogP contribution in [0, 0.1) is 20.8 Å². The summed E-state index contributed by atoms with van der Waals surface area (Å²) < 4.78 is 1.48. The molecule has 0 unspecified atom stereocenters. The van der Waals surface area contributed by atoms with Gasteiger partial charge in [0.1, 0.15) is 0 Å². The van der Waals surface area contributed by atoms with E-state index < -0.39 is 0 Å². The van der Waals surface area contributed by atoms with Crippen LogP contribution in [0.1, 0.15) is 39.7 Å². The van der Waals surface area contributed by atoms with Gasteiger partial charge >= 0.3 is 0 Å². The lowest BCUT2D eigenvalue weighted by Gasteiger charge is -2.05. The number of rotatable bonds is 4. The smallest absolute Gasteiger partial charge is 0.280 e. The Morgan fingerprint density at radius 2 is 1.75 bits per heavy atom. The lowest BCUT2D eigenvalue weighted by Crippen LogP contribution is -2.23. The van der Waals surface area contributed by atoms with Crippen LogP contribution in [0.25, 0.3) is 5.69 Å². The number of aryl methyl sites for hydroxylation is 3. The Labute approximate surface area is 162 Å². The van der Waals surface area contributed by atoms with Gasteiger partial charge in [-0.15, -0.1) is 0 Å². The first kappa shape index (κ1) is 19.2. The number of amides is 1. The van der Waals surface area contributed by atoms with Crippen molar-refractivity contribution in [2.24, 2.45) is 5.10 Å². The van der Waals surface area contributed by atoms with Crippen LogP contribution >= 0.6 is 0 Å². The number of nitrogens with zero attached hydrogens (tertiary/aromatic N) is 2. The molecule has 0 atom stereocenters. The second kappa shape index (κ2) is 7.56. The summed E-state index contributed by atoms with van der Waals surface area (Å²) in [4.78, 5) is 25.1. The van der Waals surface area contributed by atoms with Gasteiger partial charge in [0, 0.05) is 16.9 Å². The number of anilines is 1. The molecule has 1 aromatic heterocycles. The van der Waals surface area contributed by atoms with Gasteiger partial charge in [0.25, 0.3) is 11.5 Å². The number of carbonyl (C=O) groups excluding carboxylic acids is 1. The second-order valence-electron chi connectivity index (χ2n) is 6.78. The summed E-state index contributed by atoms with van der Waals surface area (Å²) in [7, 11) is 0. The standard InChI is InChI=1S/C21H23N5O2/c1-12-5-10-18(11-13(12)2)26-21(28)19(15(4)25-26)14(3)23-24-20(27)16-6-8-17(22)9-7-16/h5-11,25H,22H2,1-4H3,(H,24,27).